The van der Waals surface area contributed by atoms with E-state index in [1.807, 2.05) is 6.92 Å². The molecule has 1 unspecified atom stereocenters. The van der Waals surface area contributed by atoms with E-state index in [0.29, 0.717) is 17.7 Å². The number of carbonyl (C=O) groups is 3. The summed E-state index contributed by atoms with van der Waals surface area (Å²) in [7, 11) is 1.68. The minimum atomic E-state index is -1.54. The zero-order valence-corrected chi connectivity index (χ0v) is 15.7. The lowest BCUT2D eigenvalue weighted by Gasteiger charge is -2.30. The van der Waals surface area contributed by atoms with Gasteiger partial charge in [0.25, 0.3) is 11.8 Å². The van der Waals surface area contributed by atoms with Gasteiger partial charge in [0, 0.05) is 24.7 Å². The summed E-state index contributed by atoms with van der Waals surface area (Å²) in [5, 5.41) is 12.5. The number of benzene rings is 2. The lowest BCUT2D eigenvalue weighted by atomic mass is 9.86. The molecule has 1 atom stereocenters. The fourth-order valence-corrected chi connectivity index (χ4v) is 2.84. The number of carboxylic acids is 1. The summed E-state index contributed by atoms with van der Waals surface area (Å²) in [5.74, 6) is -1.88. The van der Waals surface area contributed by atoms with Crippen LogP contribution < -0.4 is 5.32 Å². The second kappa shape index (κ2) is 8.49. The molecule has 2 amide bonds. The molecule has 0 aliphatic rings. The van der Waals surface area contributed by atoms with Crippen molar-refractivity contribution in [3.05, 3.63) is 71.3 Å². The molecule has 0 radical (unpaired) electrons. The van der Waals surface area contributed by atoms with Gasteiger partial charge in [-0.1, -0.05) is 43.3 Å². The van der Waals surface area contributed by atoms with Gasteiger partial charge in [-0.25, -0.2) is 4.79 Å². The van der Waals surface area contributed by atoms with Crippen molar-refractivity contribution >= 4 is 17.8 Å². The maximum atomic E-state index is 12.8. The molecule has 0 spiro atoms. The van der Waals surface area contributed by atoms with Crippen LogP contribution in [-0.2, 0) is 10.3 Å². The fraction of sp³-hybridized carbons (Fsp3) is 0.286. The highest BCUT2D eigenvalue weighted by Crippen LogP contribution is 2.26. The van der Waals surface area contributed by atoms with Crippen LogP contribution in [0.4, 0.5) is 0 Å². The highest BCUT2D eigenvalue weighted by molar-refractivity contribution is 6.01. The first-order valence-electron chi connectivity index (χ1n) is 8.82. The third-order valence-corrected chi connectivity index (χ3v) is 4.68. The molecular formula is C21H24N2O4. The van der Waals surface area contributed by atoms with Crippen LogP contribution in [0.15, 0.2) is 54.6 Å². The van der Waals surface area contributed by atoms with E-state index in [4.69, 9.17) is 0 Å². The second-order valence-electron chi connectivity index (χ2n) is 6.28. The van der Waals surface area contributed by atoms with Gasteiger partial charge in [-0.05, 0) is 37.1 Å². The largest absolute Gasteiger partial charge is 0.479 e. The van der Waals surface area contributed by atoms with E-state index in [-0.39, 0.29) is 17.9 Å². The van der Waals surface area contributed by atoms with Crippen LogP contribution >= 0.6 is 0 Å². The molecule has 2 rings (SSSR count). The first-order chi connectivity index (χ1) is 12.9. The number of hydrogen-bond acceptors (Lipinski definition) is 3. The predicted molar refractivity (Wildman–Crippen MR) is 103 cm³/mol. The van der Waals surface area contributed by atoms with Crippen LogP contribution in [0.3, 0.4) is 0 Å². The van der Waals surface area contributed by atoms with Gasteiger partial charge in [0.1, 0.15) is 0 Å². The molecule has 0 heterocycles. The Labute approximate surface area is 158 Å². The summed E-state index contributed by atoms with van der Waals surface area (Å²) in [4.78, 5) is 38.7. The van der Waals surface area contributed by atoms with E-state index < -0.39 is 17.4 Å². The van der Waals surface area contributed by atoms with Crippen LogP contribution in [-0.4, -0.2) is 41.4 Å². The quantitative estimate of drug-likeness (QED) is 0.787. The molecule has 6 nitrogen and oxygen atoms in total. The Morgan fingerprint density at radius 3 is 2.19 bits per heavy atom. The topological polar surface area (TPSA) is 86.7 Å². The molecular weight excluding hydrogens is 344 g/mol. The molecule has 0 aromatic heterocycles. The van der Waals surface area contributed by atoms with Crippen LogP contribution in [0.2, 0.25) is 0 Å². The number of hydrogen-bond donors (Lipinski definition) is 2. The van der Waals surface area contributed by atoms with E-state index in [1.165, 1.54) is 11.0 Å². The molecule has 0 bridgehead atoms. The summed E-state index contributed by atoms with van der Waals surface area (Å²) in [6.07, 6.45) is 0.176. The Morgan fingerprint density at radius 2 is 1.63 bits per heavy atom. The molecule has 0 aliphatic heterocycles. The third-order valence-electron chi connectivity index (χ3n) is 4.68. The Hall–Kier alpha value is -3.15. The van der Waals surface area contributed by atoms with Gasteiger partial charge < -0.3 is 15.3 Å². The number of nitrogens with zero attached hydrogens (tertiary/aromatic N) is 1. The second-order valence-corrected chi connectivity index (χ2v) is 6.28. The summed E-state index contributed by atoms with van der Waals surface area (Å²) in [6.45, 7) is 4.11. The van der Waals surface area contributed by atoms with Gasteiger partial charge >= 0.3 is 5.97 Å². The molecule has 27 heavy (non-hydrogen) atoms. The molecule has 6 heteroatoms. The molecule has 142 valence electrons. The van der Waals surface area contributed by atoms with Crippen molar-refractivity contribution in [3.8, 4) is 0 Å². The van der Waals surface area contributed by atoms with Gasteiger partial charge in [-0.3, -0.25) is 9.59 Å². The van der Waals surface area contributed by atoms with Crippen molar-refractivity contribution in [1.82, 2.24) is 10.2 Å². The average molecular weight is 368 g/mol. The van der Waals surface area contributed by atoms with E-state index in [0.717, 1.165) is 0 Å². The van der Waals surface area contributed by atoms with E-state index in [2.05, 4.69) is 5.32 Å². The van der Waals surface area contributed by atoms with E-state index >= 15 is 0 Å². The number of nitrogens with one attached hydrogen (secondary N) is 1. The monoisotopic (exact) mass is 368 g/mol. The average Bonchev–Trinajstić information content (AvgIpc) is 2.71. The summed E-state index contributed by atoms with van der Waals surface area (Å²) < 4.78 is 0. The lowest BCUT2D eigenvalue weighted by molar-refractivity contribution is -0.145. The standard InChI is InChI=1S/C21H24N2O4/c1-4-21(20(26)27,17-12-7-6-8-13-17)22-18(24)15-10-9-11-16(14-15)19(25)23(3)5-2/h6-14H,4-5H2,1-3H3,(H,22,24)(H,26,27). The van der Waals surface area contributed by atoms with Gasteiger partial charge in [0.15, 0.2) is 5.54 Å². The van der Waals surface area contributed by atoms with Crippen LogP contribution in [0, 0.1) is 0 Å². The smallest absolute Gasteiger partial charge is 0.334 e. The molecule has 2 N–H and O–H groups in total. The van der Waals surface area contributed by atoms with Crippen molar-refractivity contribution in [1.29, 1.82) is 0 Å². The van der Waals surface area contributed by atoms with Gasteiger partial charge in [0.2, 0.25) is 0 Å². The Kier molecular flexibility index (Phi) is 6.34. The Morgan fingerprint density at radius 1 is 1.00 bits per heavy atom. The van der Waals surface area contributed by atoms with Crippen LogP contribution in [0.1, 0.15) is 46.5 Å². The molecule has 2 aromatic carbocycles. The number of carboxylic acid groups (broad SMARTS) is 1. The Bertz CT molecular complexity index is 835. The Balaban J connectivity index is 2.37. The summed E-state index contributed by atoms with van der Waals surface area (Å²) in [6, 6.07) is 14.9. The first kappa shape index (κ1) is 20.2. The summed E-state index contributed by atoms with van der Waals surface area (Å²) in [5.41, 5.74) is -0.436. The zero-order chi connectivity index (χ0) is 20.0. The minimum Gasteiger partial charge on any atom is -0.479 e. The molecule has 0 saturated heterocycles. The van der Waals surface area contributed by atoms with Gasteiger partial charge in [0.05, 0.1) is 0 Å². The number of carbonyl (C=O) groups excluding carboxylic acids is 2. The van der Waals surface area contributed by atoms with Gasteiger partial charge in [-0.15, -0.1) is 0 Å². The van der Waals surface area contributed by atoms with Crippen molar-refractivity contribution in [3.63, 3.8) is 0 Å². The van der Waals surface area contributed by atoms with Crippen LogP contribution in [0.25, 0.3) is 0 Å². The van der Waals surface area contributed by atoms with Gasteiger partial charge in [-0.2, -0.15) is 0 Å². The highest BCUT2D eigenvalue weighted by Gasteiger charge is 2.40. The number of aliphatic carboxylic acids is 1. The molecule has 0 saturated carbocycles. The lowest BCUT2D eigenvalue weighted by Crippen LogP contribution is -2.51. The zero-order valence-electron chi connectivity index (χ0n) is 15.7. The predicted octanol–water partition coefficient (Wildman–Crippen LogP) is 2.90. The fourth-order valence-electron chi connectivity index (χ4n) is 2.84. The van der Waals surface area contributed by atoms with Crippen LogP contribution in [0.5, 0.6) is 0 Å². The van der Waals surface area contributed by atoms with Crippen molar-refractivity contribution in [2.24, 2.45) is 0 Å². The molecule has 0 fully saturated rings. The van der Waals surface area contributed by atoms with E-state index in [1.54, 1.807) is 62.5 Å². The minimum absolute atomic E-state index is 0.176. The van der Waals surface area contributed by atoms with E-state index in [9.17, 15) is 19.5 Å². The normalized spacial score (nSPS) is 12.7. The number of rotatable bonds is 7. The SMILES string of the molecule is CCN(C)C(=O)c1cccc(C(=O)NC(CC)(C(=O)O)c2ccccc2)c1. The molecule has 0 aliphatic carbocycles. The summed E-state index contributed by atoms with van der Waals surface area (Å²) >= 11 is 0. The highest BCUT2D eigenvalue weighted by atomic mass is 16.4. The number of amides is 2. The first-order valence-corrected chi connectivity index (χ1v) is 8.82. The maximum absolute atomic E-state index is 12.8. The molecule has 2 aromatic rings. The third kappa shape index (κ3) is 4.16. The van der Waals surface area contributed by atoms with Crippen molar-refractivity contribution in [2.45, 2.75) is 25.8 Å². The van der Waals surface area contributed by atoms with Crippen molar-refractivity contribution in [2.75, 3.05) is 13.6 Å². The van der Waals surface area contributed by atoms with Crippen molar-refractivity contribution < 1.29 is 19.5 Å². The maximum Gasteiger partial charge on any atom is 0.334 e.